The van der Waals surface area contributed by atoms with E-state index in [0.29, 0.717) is 16.7 Å². The monoisotopic (exact) mass is 306 g/mol. The van der Waals surface area contributed by atoms with Gasteiger partial charge in [-0.15, -0.1) is 0 Å². The molecule has 6 heteroatoms. The molecule has 0 fully saturated rings. The van der Waals surface area contributed by atoms with E-state index in [1.54, 1.807) is 25.1 Å². The summed E-state index contributed by atoms with van der Waals surface area (Å²) in [5, 5.41) is 0.408. The molecule has 0 spiro atoms. The Hall–Kier alpha value is -2.08. The van der Waals surface area contributed by atoms with Gasteiger partial charge >= 0.3 is 5.97 Å². The summed E-state index contributed by atoms with van der Waals surface area (Å²) in [4.78, 5) is 23.7. The molecule has 112 valence electrons. The zero-order valence-electron chi connectivity index (χ0n) is 12.6. The summed E-state index contributed by atoms with van der Waals surface area (Å²) in [6, 6.07) is 6.17. The Balaban J connectivity index is 2.49. The lowest BCUT2D eigenvalue weighted by atomic mass is 10.2. The predicted molar refractivity (Wildman–Crippen MR) is 82.4 cm³/mol. The third kappa shape index (κ3) is 3.72. The first-order valence-electron chi connectivity index (χ1n) is 6.74. The normalized spacial score (nSPS) is 11.4. The van der Waals surface area contributed by atoms with Crippen LogP contribution in [0, 0.1) is 0 Å². The highest BCUT2D eigenvalue weighted by molar-refractivity contribution is 6.70. The summed E-state index contributed by atoms with van der Waals surface area (Å²) >= 11 is 0. The van der Waals surface area contributed by atoms with Crippen LogP contribution in [0.2, 0.25) is 19.6 Å². The molecule has 1 aromatic heterocycles. The fourth-order valence-electron chi connectivity index (χ4n) is 1.86. The Morgan fingerprint density at radius 2 is 1.95 bits per heavy atom. The molecule has 0 saturated heterocycles. The third-order valence-electron chi connectivity index (χ3n) is 2.60. The molecular formula is C15H18O5Si. The molecular weight excluding hydrogens is 288 g/mol. The van der Waals surface area contributed by atoms with E-state index in [4.69, 9.17) is 13.6 Å². The van der Waals surface area contributed by atoms with Gasteiger partial charge in [-0.05, 0) is 38.7 Å². The van der Waals surface area contributed by atoms with E-state index in [1.807, 2.05) is 0 Å². The summed E-state index contributed by atoms with van der Waals surface area (Å²) in [6.07, 6.45) is 0. The third-order valence-corrected chi connectivity index (χ3v) is 3.45. The summed E-state index contributed by atoms with van der Waals surface area (Å²) in [6.45, 7) is 8.09. The highest BCUT2D eigenvalue weighted by atomic mass is 28.4. The van der Waals surface area contributed by atoms with Gasteiger partial charge in [-0.25, -0.2) is 4.79 Å². The van der Waals surface area contributed by atoms with E-state index in [9.17, 15) is 9.59 Å². The Bertz CT molecular complexity index is 727. The Labute approximate surface area is 123 Å². The average Bonchev–Trinajstić information content (AvgIpc) is 2.36. The minimum Gasteiger partial charge on any atom is -0.544 e. The lowest BCUT2D eigenvalue weighted by Crippen LogP contribution is -2.29. The molecule has 0 bridgehead atoms. The van der Waals surface area contributed by atoms with Crippen molar-refractivity contribution in [2.45, 2.75) is 26.6 Å². The molecule has 0 aliphatic heterocycles. The number of hydrogen-bond acceptors (Lipinski definition) is 5. The highest BCUT2D eigenvalue weighted by Gasteiger charge is 2.18. The van der Waals surface area contributed by atoms with Crippen LogP contribution in [-0.4, -0.2) is 20.9 Å². The Morgan fingerprint density at radius 1 is 1.24 bits per heavy atom. The SMILES string of the molecule is CCOC(=O)c1cc(=O)c2ccc(O[Si](C)(C)C)cc2o1. The van der Waals surface area contributed by atoms with Crippen molar-refractivity contribution in [3.63, 3.8) is 0 Å². The summed E-state index contributed by atoms with van der Waals surface area (Å²) in [5.41, 5.74) is 0.0418. The van der Waals surface area contributed by atoms with Crippen molar-refractivity contribution >= 4 is 25.3 Å². The topological polar surface area (TPSA) is 65.7 Å². The Morgan fingerprint density at radius 3 is 2.57 bits per heavy atom. The second-order valence-corrected chi connectivity index (χ2v) is 10.00. The summed E-state index contributed by atoms with van der Waals surface area (Å²) < 4.78 is 16.2. The minimum atomic E-state index is -1.76. The van der Waals surface area contributed by atoms with E-state index in [2.05, 4.69) is 19.6 Å². The van der Waals surface area contributed by atoms with Crippen LogP contribution < -0.4 is 9.85 Å². The summed E-state index contributed by atoms with van der Waals surface area (Å²) in [5.74, 6) is -0.113. The van der Waals surface area contributed by atoms with Gasteiger partial charge in [0.2, 0.25) is 14.1 Å². The standard InChI is InChI=1S/C15H18O5Si/c1-5-18-15(17)14-9-12(16)11-7-6-10(8-13(11)19-14)20-21(2,3)4/h6-9H,5H2,1-4H3. The van der Waals surface area contributed by atoms with Crippen LogP contribution in [0.5, 0.6) is 5.75 Å². The molecule has 0 aliphatic carbocycles. The molecule has 1 heterocycles. The maximum Gasteiger partial charge on any atom is 0.374 e. The van der Waals surface area contributed by atoms with Crippen LogP contribution in [0.3, 0.4) is 0 Å². The quantitative estimate of drug-likeness (QED) is 0.641. The molecule has 0 aliphatic rings. The number of rotatable bonds is 4. The van der Waals surface area contributed by atoms with Gasteiger partial charge in [-0.2, -0.15) is 0 Å². The molecule has 2 rings (SSSR count). The number of esters is 1. The smallest absolute Gasteiger partial charge is 0.374 e. The number of ether oxygens (including phenoxy) is 1. The molecule has 0 amide bonds. The van der Waals surface area contributed by atoms with Crippen molar-refractivity contribution in [3.8, 4) is 5.75 Å². The van der Waals surface area contributed by atoms with Crippen LogP contribution >= 0.6 is 0 Å². The zero-order valence-corrected chi connectivity index (χ0v) is 13.6. The molecule has 0 saturated carbocycles. The summed E-state index contributed by atoms with van der Waals surface area (Å²) in [7, 11) is -1.76. The predicted octanol–water partition coefficient (Wildman–Crippen LogP) is 3.18. The van der Waals surface area contributed by atoms with Crippen molar-refractivity contribution < 1.29 is 18.4 Å². The van der Waals surface area contributed by atoms with Crippen LogP contribution in [0.1, 0.15) is 17.5 Å². The number of fused-ring (bicyclic) bond motifs is 1. The van der Waals surface area contributed by atoms with Crippen LogP contribution in [0.4, 0.5) is 0 Å². The lowest BCUT2D eigenvalue weighted by molar-refractivity contribution is 0.0490. The average molecular weight is 306 g/mol. The van der Waals surface area contributed by atoms with E-state index in [1.165, 1.54) is 0 Å². The van der Waals surface area contributed by atoms with E-state index < -0.39 is 14.3 Å². The number of hydrogen-bond donors (Lipinski definition) is 0. The first-order chi connectivity index (χ1) is 9.80. The molecule has 1 aromatic carbocycles. The largest absolute Gasteiger partial charge is 0.544 e. The van der Waals surface area contributed by atoms with Crippen molar-refractivity contribution in [3.05, 3.63) is 40.2 Å². The van der Waals surface area contributed by atoms with Crippen molar-refractivity contribution in [1.82, 2.24) is 0 Å². The number of carbonyl (C=O) groups excluding carboxylic acids is 1. The molecule has 0 atom stereocenters. The van der Waals surface area contributed by atoms with Crippen molar-refractivity contribution in [2.24, 2.45) is 0 Å². The van der Waals surface area contributed by atoms with Crippen molar-refractivity contribution in [1.29, 1.82) is 0 Å². The van der Waals surface area contributed by atoms with Gasteiger partial charge in [-0.3, -0.25) is 4.79 Å². The number of carbonyl (C=O) groups is 1. The molecule has 2 aromatic rings. The maximum absolute atomic E-state index is 12.0. The molecule has 0 N–H and O–H groups in total. The minimum absolute atomic E-state index is 0.0977. The lowest BCUT2D eigenvalue weighted by Gasteiger charge is -2.19. The van der Waals surface area contributed by atoms with E-state index in [0.717, 1.165) is 6.07 Å². The highest BCUT2D eigenvalue weighted by Crippen LogP contribution is 2.22. The molecule has 0 radical (unpaired) electrons. The second-order valence-electron chi connectivity index (χ2n) is 5.57. The van der Waals surface area contributed by atoms with Gasteiger partial charge in [0, 0.05) is 12.1 Å². The second kappa shape index (κ2) is 5.73. The maximum atomic E-state index is 12.0. The van der Waals surface area contributed by atoms with Crippen LogP contribution in [0.15, 0.2) is 33.5 Å². The Kier molecular flexibility index (Phi) is 4.18. The molecule has 21 heavy (non-hydrogen) atoms. The van der Waals surface area contributed by atoms with Crippen molar-refractivity contribution in [2.75, 3.05) is 6.61 Å². The first-order valence-corrected chi connectivity index (χ1v) is 10.1. The fraction of sp³-hybridized carbons (Fsp3) is 0.333. The van der Waals surface area contributed by atoms with Crippen LogP contribution in [-0.2, 0) is 4.74 Å². The van der Waals surface area contributed by atoms with E-state index in [-0.39, 0.29) is 17.8 Å². The van der Waals surface area contributed by atoms with Gasteiger partial charge in [-0.1, -0.05) is 0 Å². The van der Waals surface area contributed by atoms with Gasteiger partial charge in [0.05, 0.1) is 12.0 Å². The number of benzene rings is 1. The van der Waals surface area contributed by atoms with Crippen LogP contribution in [0.25, 0.3) is 11.0 Å². The van der Waals surface area contributed by atoms with Gasteiger partial charge in [0.1, 0.15) is 11.3 Å². The zero-order chi connectivity index (χ0) is 15.6. The van der Waals surface area contributed by atoms with Gasteiger partial charge < -0.3 is 13.6 Å². The van der Waals surface area contributed by atoms with Gasteiger partial charge in [0.15, 0.2) is 5.43 Å². The first kappa shape index (κ1) is 15.3. The molecule has 5 nitrogen and oxygen atoms in total. The van der Waals surface area contributed by atoms with Gasteiger partial charge in [0.25, 0.3) is 0 Å². The van der Waals surface area contributed by atoms with E-state index >= 15 is 0 Å². The fourth-order valence-corrected chi connectivity index (χ4v) is 2.69. The molecule has 0 unspecified atom stereocenters.